The molecule has 0 aliphatic heterocycles. The van der Waals surface area contributed by atoms with Crippen LogP contribution < -0.4 is 0 Å². The van der Waals surface area contributed by atoms with Crippen molar-refractivity contribution in [2.45, 2.75) is 232 Å². The highest BCUT2D eigenvalue weighted by Crippen LogP contribution is 2.15. The molecule has 7 heteroatoms. The second-order valence-electron chi connectivity index (χ2n) is 14.3. The predicted molar refractivity (Wildman–Crippen MR) is 214 cm³/mol. The van der Waals surface area contributed by atoms with Crippen molar-refractivity contribution in [2.75, 3.05) is 17.6 Å². The summed E-state index contributed by atoms with van der Waals surface area (Å²) in [5, 5.41) is 0. The summed E-state index contributed by atoms with van der Waals surface area (Å²) >= 11 is 2.37. The number of esters is 3. The van der Waals surface area contributed by atoms with Gasteiger partial charge in [0.05, 0.1) is 0 Å². The molecule has 0 radical (unpaired) electrons. The summed E-state index contributed by atoms with van der Waals surface area (Å²) < 4.78 is 17.7. The van der Waals surface area contributed by atoms with Gasteiger partial charge in [0.2, 0.25) is 0 Å². The van der Waals surface area contributed by atoms with Crippen LogP contribution in [0.3, 0.4) is 0 Å². The molecule has 0 saturated carbocycles. The molecule has 0 aliphatic carbocycles. The first-order chi connectivity index (χ1) is 24.0. The standard InChI is InChI=1S/C42H79IO6/c1-3-5-7-9-11-13-15-17-19-21-23-25-29-33-40(44)47-37-39(49-42(46)35-31-27-28-32-36-43)38-48-41(45)34-30-26-24-22-20-18-16-14-12-10-8-6-4-2/h39H,3-38H2,1-2H3. The topological polar surface area (TPSA) is 78.9 Å². The van der Waals surface area contributed by atoms with Gasteiger partial charge in [0.1, 0.15) is 13.2 Å². The van der Waals surface area contributed by atoms with Gasteiger partial charge in [0.15, 0.2) is 6.10 Å². The number of rotatable bonds is 39. The third-order valence-electron chi connectivity index (χ3n) is 9.39. The number of hydrogen-bond donors (Lipinski definition) is 0. The molecular weight excluding hydrogens is 727 g/mol. The molecule has 0 N–H and O–H groups in total. The second kappa shape index (κ2) is 39.9. The lowest BCUT2D eigenvalue weighted by atomic mass is 10.0. The Balaban J connectivity index is 4.16. The summed E-state index contributed by atoms with van der Waals surface area (Å²) in [6.07, 6.45) is 37.0. The van der Waals surface area contributed by atoms with Crippen molar-refractivity contribution in [2.24, 2.45) is 0 Å². The maximum atomic E-state index is 12.5. The fourth-order valence-corrected chi connectivity index (χ4v) is 6.71. The molecule has 0 bridgehead atoms. The molecule has 6 nitrogen and oxygen atoms in total. The molecule has 0 aromatic carbocycles. The van der Waals surface area contributed by atoms with Gasteiger partial charge in [-0.15, -0.1) is 0 Å². The van der Waals surface area contributed by atoms with Crippen LogP contribution in [0.1, 0.15) is 226 Å². The Bertz CT molecular complexity index is 684. The lowest BCUT2D eigenvalue weighted by Crippen LogP contribution is -2.30. The zero-order chi connectivity index (χ0) is 35.9. The Labute approximate surface area is 317 Å². The number of unbranched alkanes of at least 4 members (excludes halogenated alkanes) is 27. The van der Waals surface area contributed by atoms with Gasteiger partial charge in [0, 0.05) is 19.3 Å². The van der Waals surface area contributed by atoms with Gasteiger partial charge in [-0.05, 0) is 30.1 Å². The summed E-state index contributed by atoms with van der Waals surface area (Å²) in [4.78, 5) is 37.3. The fourth-order valence-electron chi connectivity index (χ4n) is 6.17. The van der Waals surface area contributed by atoms with E-state index in [2.05, 4.69) is 36.4 Å². The normalized spacial score (nSPS) is 11.3. The zero-order valence-corrected chi connectivity index (χ0v) is 34.5. The van der Waals surface area contributed by atoms with Crippen LogP contribution in [-0.2, 0) is 28.6 Å². The van der Waals surface area contributed by atoms with Crippen molar-refractivity contribution in [1.82, 2.24) is 0 Å². The molecule has 0 saturated heterocycles. The van der Waals surface area contributed by atoms with E-state index < -0.39 is 6.10 Å². The largest absolute Gasteiger partial charge is 0.462 e. The monoisotopic (exact) mass is 806 g/mol. The molecule has 0 heterocycles. The minimum absolute atomic E-state index is 0.0656. The third kappa shape index (κ3) is 38.2. The first-order valence-electron chi connectivity index (χ1n) is 21.1. The Morgan fingerprint density at radius 2 is 0.653 bits per heavy atom. The van der Waals surface area contributed by atoms with Crippen LogP contribution in [0, 0.1) is 0 Å². The van der Waals surface area contributed by atoms with Crippen LogP contribution in [0.15, 0.2) is 0 Å². The van der Waals surface area contributed by atoms with Crippen LogP contribution in [0.2, 0.25) is 0 Å². The molecule has 0 rings (SSSR count). The summed E-state index contributed by atoms with van der Waals surface area (Å²) in [5.74, 6) is -0.873. The number of alkyl halides is 1. The Hall–Kier alpha value is -0.860. The van der Waals surface area contributed by atoms with Crippen LogP contribution in [0.4, 0.5) is 0 Å². The molecule has 0 unspecified atom stereocenters. The Morgan fingerprint density at radius 3 is 0.959 bits per heavy atom. The summed E-state index contributed by atoms with van der Waals surface area (Å²) in [7, 11) is 0. The number of carbonyl (C=O) groups is 3. The van der Waals surface area contributed by atoms with Crippen molar-refractivity contribution >= 4 is 40.5 Å². The number of carbonyl (C=O) groups excluding carboxylic acids is 3. The second-order valence-corrected chi connectivity index (χ2v) is 15.4. The van der Waals surface area contributed by atoms with E-state index in [0.29, 0.717) is 19.3 Å². The molecular formula is C42H79IO6. The van der Waals surface area contributed by atoms with Crippen LogP contribution in [0.5, 0.6) is 0 Å². The molecule has 0 fully saturated rings. The lowest BCUT2D eigenvalue weighted by Gasteiger charge is -2.18. The molecule has 0 aromatic heterocycles. The van der Waals surface area contributed by atoms with Gasteiger partial charge >= 0.3 is 17.9 Å². The van der Waals surface area contributed by atoms with E-state index in [-0.39, 0.29) is 31.1 Å². The van der Waals surface area contributed by atoms with Gasteiger partial charge < -0.3 is 14.2 Å². The molecule has 0 spiro atoms. The van der Waals surface area contributed by atoms with E-state index in [1.807, 2.05) is 0 Å². The summed E-state index contributed by atoms with van der Waals surface area (Å²) in [5.41, 5.74) is 0. The molecule has 0 atom stereocenters. The van der Waals surface area contributed by atoms with Crippen molar-refractivity contribution < 1.29 is 28.6 Å². The van der Waals surface area contributed by atoms with E-state index in [9.17, 15) is 14.4 Å². The molecule has 49 heavy (non-hydrogen) atoms. The first-order valence-corrected chi connectivity index (χ1v) is 22.6. The number of ether oxygens (including phenoxy) is 3. The fraction of sp³-hybridized carbons (Fsp3) is 0.929. The molecule has 290 valence electrons. The first kappa shape index (κ1) is 48.1. The Kier molecular flexibility index (Phi) is 39.2. The third-order valence-corrected chi connectivity index (χ3v) is 10.2. The van der Waals surface area contributed by atoms with Crippen LogP contribution >= 0.6 is 22.6 Å². The van der Waals surface area contributed by atoms with E-state index in [4.69, 9.17) is 14.2 Å². The minimum Gasteiger partial charge on any atom is -0.462 e. The summed E-state index contributed by atoms with van der Waals surface area (Å²) in [6, 6.07) is 0. The van der Waals surface area contributed by atoms with Crippen LogP contribution in [0.25, 0.3) is 0 Å². The number of halogens is 1. The Morgan fingerprint density at radius 1 is 0.388 bits per heavy atom. The van der Waals surface area contributed by atoms with Crippen molar-refractivity contribution in [1.29, 1.82) is 0 Å². The van der Waals surface area contributed by atoms with Gasteiger partial charge in [-0.3, -0.25) is 14.4 Å². The predicted octanol–water partition coefficient (Wildman–Crippen LogP) is 13.3. The summed E-state index contributed by atoms with van der Waals surface area (Å²) in [6.45, 7) is 4.39. The maximum Gasteiger partial charge on any atom is 0.306 e. The molecule has 0 aliphatic rings. The van der Waals surface area contributed by atoms with Crippen molar-refractivity contribution in [3.05, 3.63) is 0 Å². The maximum absolute atomic E-state index is 12.5. The van der Waals surface area contributed by atoms with E-state index >= 15 is 0 Å². The van der Waals surface area contributed by atoms with Crippen molar-refractivity contribution in [3.63, 3.8) is 0 Å². The lowest BCUT2D eigenvalue weighted by molar-refractivity contribution is -0.167. The quantitative estimate of drug-likeness (QED) is 0.0202. The smallest absolute Gasteiger partial charge is 0.306 e. The molecule has 0 amide bonds. The van der Waals surface area contributed by atoms with Crippen molar-refractivity contribution in [3.8, 4) is 0 Å². The average Bonchev–Trinajstić information content (AvgIpc) is 3.09. The van der Waals surface area contributed by atoms with E-state index in [0.717, 1.165) is 68.6 Å². The van der Waals surface area contributed by atoms with Gasteiger partial charge in [-0.1, -0.05) is 203 Å². The molecule has 0 aromatic rings. The number of hydrogen-bond acceptors (Lipinski definition) is 6. The van der Waals surface area contributed by atoms with Gasteiger partial charge in [0.25, 0.3) is 0 Å². The van der Waals surface area contributed by atoms with Crippen LogP contribution in [-0.4, -0.2) is 41.7 Å². The van der Waals surface area contributed by atoms with E-state index in [1.165, 1.54) is 128 Å². The SMILES string of the molecule is CCCCCCCCCCCCCCCC(=O)OCC(COC(=O)CCCCCCCCCCCCCCC)OC(=O)CCCCCCI. The highest BCUT2D eigenvalue weighted by Gasteiger charge is 2.19. The van der Waals surface area contributed by atoms with Gasteiger partial charge in [-0.2, -0.15) is 0 Å². The van der Waals surface area contributed by atoms with Gasteiger partial charge in [-0.25, -0.2) is 0 Å². The highest BCUT2D eigenvalue weighted by molar-refractivity contribution is 14.1. The average molecular weight is 807 g/mol. The highest BCUT2D eigenvalue weighted by atomic mass is 127. The minimum atomic E-state index is -0.756. The zero-order valence-electron chi connectivity index (χ0n) is 32.4. The van der Waals surface area contributed by atoms with E-state index in [1.54, 1.807) is 0 Å².